The first-order chi connectivity index (χ1) is 5.79. The van der Waals surface area contributed by atoms with Gasteiger partial charge in [0.1, 0.15) is 24.6 Å². The lowest BCUT2D eigenvalue weighted by molar-refractivity contribution is 0.0222. The van der Waals surface area contributed by atoms with E-state index in [1.54, 1.807) is 0 Å². The van der Waals surface area contributed by atoms with E-state index in [4.69, 9.17) is 9.84 Å². The zero-order chi connectivity index (χ0) is 8.55. The Morgan fingerprint density at radius 2 is 2.33 bits per heavy atom. The molecule has 2 rings (SSSR count). The third-order valence-electron chi connectivity index (χ3n) is 1.93. The van der Waals surface area contributed by atoms with Crippen molar-refractivity contribution in [2.45, 2.75) is 18.3 Å². The molecule has 0 saturated carbocycles. The van der Waals surface area contributed by atoms with Crippen LogP contribution in [0.1, 0.15) is 11.7 Å². The topological polar surface area (TPSA) is 75.7 Å². The van der Waals surface area contributed by atoms with Crippen molar-refractivity contribution in [3.05, 3.63) is 18.0 Å². The van der Waals surface area contributed by atoms with Crippen molar-refractivity contribution in [3.63, 3.8) is 0 Å². The van der Waals surface area contributed by atoms with Gasteiger partial charge in [-0.05, 0) is 0 Å². The van der Waals surface area contributed by atoms with Crippen LogP contribution in [0.15, 0.2) is 17.0 Å². The molecule has 3 unspecified atom stereocenters. The average Bonchev–Trinajstić information content (AvgIpc) is 2.64. The van der Waals surface area contributed by atoms with Crippen LogP contribution in [0, 0.1) is 0 Å². The summed E-state index contributed by atoms with van der Waals surface area (Å²) in [6.07, 6.45) is 0.651. The van der Waals surface area contributed by atoms with Gasteiger partial charge < -0.3 is 19.5 Å². The van der Waals surface area contributed by atoms with E-state index in [1.165, 1.54) is 12.5 Å². The minimum atomic E-state index is -0.885. The van der Waals surface area contributed by atoms with E-state index >= 15 is 0 Å². The van der Waals surface area contributed by atoms with Gasteiger partial charge >= 0.3 is 0 Å². The Balaban J connectivity index is 2.16. The first-order valence-electron chi connectivity index (χ1n) is 3.66. The second-order valence-electron chi connectivity index (χ2n) is 2.77. The summed E-state index contributed by atoms with van der Waals surface area (Å²) in [5.74, 6) is 0. The average molecular weight is 171 g/mol. The van der Waals surface area contributed by atoms with Crippen molar-refractivity contribution in [2.24, 2.45) is 0 Å². The molecule has 1 aromatic heterocycles. The van der Waals surface area contributed by atoms with Crippen molar-refractivity contribution >= 4 is 0 Å². The first kappa shape index (κ1) is 7.72. The molecule has 0 aromatic carbocycles. The Hall–Kier alpha value is -0.910. The molecule has 0 spiro atoms. The Kier molecular flexibility index (Phi) is 1.84. The molecule has 2 heterocycles. The van der Waals surface area contributed by atoms with E-state index < -0.39 is 18.3 Å². The van der Waals surface area contributed by atoms with Crippen molar-refractivity contribution in [1.82, 2.24) is 5.16 Å². The van der Waals surface area contributed by atoms with Crippen molar-refractivity contribution in [1.29, 1.82) is 0 Å². The molecule has 0 amide bonds. The van der Waals surface area contributed by atoms with Gasteiger partial charge in [0.05, 0.1) is 12.8 Å². The summed E-state index contributed by atoms with van der Waals surface area (Å²) in [5.41, 5.74) is 0.652. The first-order valence-corrected chi connectivity index (χ1v) is 3.66. The Bertz CT molecular complexity index is 248. The number of ether oxygens (including phenoxy) is 1. The predicted molar refractivity (Wildman–Crippen MR) is 37.2 cm³/mol. The second kappa shape index (κ2) is 2.85. The molecule has 1 aliphatic rings. The van der Waals surface area contributed by atoms with E-state index in [0.29, 0.717) is 5.56 Å². The van der Waals surface area contributed by atoms with Crippen molar-refractivity contribution in [3.8, 4) is 0 Å². The highest BCUT2D eigenvalue weighted by atomic mass is 16.5. The van der Waals surface area contributed by atoms with Crippen LogP contribution in [-0.2, 0) is 4.74 Å². The number of aromatic nitrogens is 1. The highest BCUT2D eigenvalue weighted by molar-refractivity contribution is 5.10. The zero-order valence-corrected chi connectivity index (χ0v) is 6.25. The molecule has 5 heteroatoms. The maximum atomic E-state index is 9.38. The molecular weight excluding hydrogens is 162 g/mol. The molecule has 0 radical (unpaired) electrons. The third-order valence-corrected chi connectivity index (χ3v) is 1.93. The smallest absolute Gasteiger partial charge is 0.129 e. The maximum absolute atomic E-state index is 9.38. The molecule has 1 saturated heterocycles. The Morgan fingerprint density at radius 1 is 1.50 bits per heavy atom. The molecule has 1 aliphatic heterocycles. The molecule has 1 aromatic rings. The third kappa shape index (κ3) is 1.12. The van der Waals surface area contributed by atoms with Crippen molar-refractivity contribution < 1.29 is 19.5 Å². The van der Waals surface area contributed by atoms with Crippen LogP contribution in [0.4, 0.5) is 0 Å². The van der Waals surface area contributed by atoms with Crippen LogP contribution < -0.4 is 0 Å². The summed E-state index contributed by atoms with van der Waals surface area (Å²) < 4.78 is 9.71. The van der Waals surface area contributed by atoms with Gasteiger partial charge in [0, 0.05) is 5.56 Å². The lowest BCUT2D eigenvalue weighted by atomic mass is 10.1. The van der Waals surface area contributed by atoms with E-state index in [9.17, 15) is 5.11 Å². The molecule has 3 atom stereocenters. The summed E-state index contributed by atoms with van der Waals surface area (Å²) in [6, 6.07) is 0. The van der Waals surface area contributed by atoms with Gasteiger partial charge in [0.15, 0.2) is 0 Å². The van der Waals surface area contributed by atoms with Crippen LogP contribution >= 0.6 is 0 Å². The summed E-state index contributed by atoms with van der Waals surface area (Å²) in [4.78, 5) is 0. The number of aliphatic hydroxyl groups is 2. The van der Waals surface area contributed by atoms with Gasteiger partial charge in [-0.3, -0.25) is 0 Å². The van der Waals surface area contributed by atoms with E-state index in [2.05, 4.69) is 9.68 Å². The molecule has 12 heavy (non-hydrogen) atoms. The summed E-state index contributed by atoms with van der Waals surface area (Å²) >= 11 is 0. The SMILES string of the molecule is OC1COC(c2cnoc2)C1O. The number of nitrogens with zero attached hydrogens (tertiary/aromatic N) is 1. The predicted octanol–water partition coefficient (Wildman–Crippen LogP) is -0.532. The lowest BCUT2D eigenvalue weighted by Gasteiger charge is -2.11. The van der Waals surface area contributed by atoms with E-state index in [-0.39, 0.29) is 6.61 Å². The number of rotatable bonds is 1. The quantitative estimate of drug-likeness (QED) is 0.594. The zero-order valence-electron chi connectivity index (χ0n) is 6.25. The van der Waals surface area contributed by atoms with E-state index in [0.717, 1.165) is 0 Å². The van der Waals surface area contributed by atoms with Crippen LogP contribution in [0.3, 0.4) is 0 Å². The van der Waals surface area contributed by atoms with Gasteiger partial charge in [-0.25, -0.2) is 0 Å². The molecule has 2 N–H and O–H groups in total. The molecule has 0 bridgehead atoms. The van der Waals surface area contributed by atoms with Crippen LogP contribution in [0.5, 0.6) is 0 Å². The van der Waals surface area contributed by atoms with Crippen molar-refractivity contribution in [2.75, 3.05) is 6.61 Å². The number of aliphatic hydroxyl groups excluding tert-OH is 2. The maximum Gasteiger partial charge on any atom is 0.129 e. The lowest BCUT2D eigenvalue weighted by Crippen LogP contribution is -2.24. The molecule has 5 nitrogen and oxygen atoms in total. The largest absolute Gasteiger partial charge is 0.388 e. The standard InChI is InChI=1S/C7H9NO4/c9-5-3-11-7(6(5)10)4-1-8-12-2-4/h1-2,5-7,9-10H,3H2. The fraction of sp³-hybridized carbons (Fsp3) is 0.571. The molecule has 1 fully saturated rings. The summed E-state index contributed by atoms with van der Waals surface area (Å²) in [7, 11) is 0. The monoisotopic (exact) mass is 171 g/mol. The number of hydrogen-bond donors (Lipinski definition) is 2. The highest BCUT2D eigenvalue weighted by Crippen LogP contribution is 2.28. The fourth-order valence-corrected chi connectivity index (χ4v) is 1.25. The summed E-state index contributed by atoms with van der Waals surface area (Å²) in [5, 5.41) is 22.0. The molecule has 66 valence electrons. The van der Waals surface area contributed by atoms with Crippen LogP contribution in [0.25, 0.3) is 0 Å². The second-order valence-corrected chi connectivity index (χ2v) is 2.77. The van der Waals surface area contributed by atoms with Gasteiger partial charge in [-0.2, -0.15) is 0 Å². The normalized spacial score (nSPS) is 35.7. The minimum absolute atomic E-state index is 0.150. The van der Waals surface area contributed by atoms with Crippen LogP contribution in [0.2, 0.25) is 0 Å². The van der Waals surface area contributed by atoms with Gasteiger partial charge in [-0.15, -0.1) is 0 Å². The number of hydrogen-bond acceptors (Lipinski definition) is 5. The molecule has 0 aliphatic carbocycles. The Morgan fingerprint density at radius 3 is 2.83 bits per heavy atom. The molecular formula is C7H9NO4. The highest BCUT2D eigenvalue weighted by Gasteiger charge is 2.36. The minimum Gasteiger partial charge on any atom is -0.388 e. The van der Waals surface area contributed by atoms with E-state index in [1.807, 2.05) is 0 Å². The van der Waals surface area contributed by atoms with Crippen LogP contribution in [-0.4, -0.2) is 34.2 Å². The van der Waals surface area contributed by atoms with Gasteiger partial charge in [0.2, 0.25) is 0 Å². The van der Waals surface area contributed by atoms with Gasteiger partial charge in [-0.1, -0.05) is 5.16 Å². The van der Waals surface area contributed by atoms with Gasteiger partial charge in [0.25, 0.3) is 0 Å². The Labute approximate surface area is 68.6 Å². The summed E-state index contributed by atoms with van der Waals surface area (Å²) in [6.45, 7) is 0.150. The fourth-order valence-electron chi connectivity index (χ4n) is 1.25.